The van der Waals surface area contributed by atoms with E-state index < -0.39 is 0 Å². The number of aromatic nitrogens is 3. The second kappa shape index (κ2) is 12.8. The van der Waals surface area contributed by atoms with E-state index in [9.17, 15) is 4.79 Å². The Bertz CT molecular complexity index is 717. The Hall–Kier alpha value is -1.67. The molecule has 2 heterocycles. The maximum atomic E-state index is 12.6. The van der Waals surface area contributed by atoms with E-state index in [0.29, 0.717) is 18.3 Å². The lowest BCUT2D eigenvalue weighted by molar-refractivity contribution is 0.0930. The van der Waals surface area contributed by atoms with Crippen LogP contribution < -0.4 is 10.6 Å². The predicted molar refractivity (Wildman–Crippen MR) is 120 cm³/mol. The van der Waals surface area contributed by atoms with Crippen LogP contribution in [0.1, 0.15) is 54.8 Å². The van der Waals surface area contributed by atoms with Crippen LogP contribution in [0.3, 0.4) is 0 Å². The molecule has 1 atom stereocenters. The first kappa shape index (κ1) is 25.4. The smallest absolute Gasteiger partial charge is 0.273 e. The van der Waals surface area contributed by atoms with Crippen LogP contribution in [-0.4, -0.2) is 58.5 Å². The number of benzene rings is 1. The number of nitrogens with zero attached hydrogens (tertiary/aromatic N) is 4. The summed E-state index contributed by atoms with van der Waals surface area (Å²) in [6.45, 7) is 8.65. The molecule has 1 aromatic carbocycles. The highest BCUT2D eigenvalue weighted by atomic mass is 35.5. The number of halogens is 2. The van der Waals surface area contributed by atoms with Crippen LogP contribution in [0.4, 0.5) is 0 Å². The van der Waals surface area contributed by atoms with Gasteiger partial charge in [-0.05, 0) is 44.6 Å². The van der Waals surface area contributed by atoms with Gasteiger partial charge < -0.3 is 10.6 Å². The lowest BCUT2D eigenvalue weighted by atomic mass is 10.1. The summed E-state index contributed by atoms with van der Waals surface area (Å²) in [5.41, 5.74) is 1.60. The molecule has 1 aliphatic rings. The summed E-state index contributed by atoms with van der Waals surface area (Å²) < 4.78 is 1.84. The van der Waals surface area contributed by atoms with Crippen molar-refractivity contribution in [1.82, 2.24) is 30.5 Å². The first-order valence-electron chi connectivity index (χ1n) is 9.92. The highest BCUT2D eigenvalue weighted by Gasteiger charge is 2.21. The minimum Gasteiger partial charge on any atom is -0.349 e. The third-order valence-corrected chi connectivity index (χ3v) is 5.32. The molecule has 1 aromatic heterocycles. The molecular weight excluding hydrogens is 411 g/mol. The molecule has 162 valence electrons. The molecule has 1 amide bonds. The van der Waals surface area contributed by atoms with Gasteiger partial charge in [0.1, 0.15) is 0 Å². The Morgan fingerprint density at radius 1 is 1.21 bits per heavy atom. The van der Waals surface area contributed by atoms with Crippen LogP contribution in [0, 0.1) is 0 Å². The molecule has 1 saturated heterocycles. The predicted octanol–water partition coefficient (Wildman–Crippen LogP) is 2.86. The Kier molecular flexibility index (Phi) is 11.2. The van der Waals surface area contributed by atoms with Crippen molar-refractivity contribution in [3.8, 4) is 0 Å². The lowest BCUT2D eigenvalue weighted by Crippen LogP contribution is -2.38. The van der Waals surface area contributed by atoms with Crippen LogP contribution in [0.25, 0.3) is 0 Å². The van der Waals surface area contributed by atoms with Gasteiger partial charge in [0.15, 0.2) is 5.69 Å². The number of hydrogen-bond acceptors (Lipinski definition) is 5. The molecule has 0 radical (unpaired) electrons. The van der Waals surface area contributed by atoms with Gasteiger partial charge in [0.2, 0.25) is 0 Å². The van der Waals surface area contributed by atoms with Crippen LogP contribution in [-0.2, 0) is 0 Å². The third kappa shape index (κ3) is 6.67. The molecule has 1 aliphatic heterocycles. The van der Waals surface area contributed by atoms with Gasteiger partial charge in [0.05, 0.1) is 18.3 Å². The standard InChI is InChI=1S/C20H30N6O.2ClH/c1-3-25(4-2)19(16-8-6-5-7-9-16)14-22-20(27)18-15-26(24-23-18)17-10-12-21-13-11-17;;/h5-9,15,17,19,21H,3-4,10-14H2,1-2H3,(H,22,27);2*1H. The average molecular weight is 443 g/mol. The van der Waals surface area contributed by atoms with Gasteiger partial charge in [0, 0.05) is 6.54 Å². The second-order valence-corrected chi connectivity index (χ2v) is 6.92. The van der Waals surface area contributed by atoms with Crippen molar-refractivity contribution < 1.29 is 4.79 Å². The summed E-state index contributed by atoms with van der Waals surface area (Å²) in [4.78, 5) is 15.0. The molecule has 0 bridgehead atoms. The van der Waals surface area contributed by atoms with Crippen LogP contribution in [0.15, 0.2) is 36.5 Å². The molecular formula is C20H32Cl2N6O. The number of nitrogens with one attached hydrogen (secondary N) is 2. The van der Waals surface area contributed by atoms with E-state index in [1.807, 2.05) is 22.9 Å². The van der Waals surface area contributed by atoms with Crippen LogP contribution in [0.5, 0.6) is 0 Å². The van der Waals surface area contributed by atoms with Gasteiger partial charge in [-0.2, -0.15) is 0 Å². The van der Waals surface area contributed by atoms with E-state index in [4.69, 9.17) is 0 Å². The van der Waals surface area contributed by atoms with Crippen molar-refractivity contribution in [2.75, 3.05) is 32.7 Å². The molecule has 0 spiro atoms. The second-order valence-electron chi connectivity index (χ2n) is 6.92. The lowest BCUT2D eigenvalue weighted by Gasteiger charge is -2.30. The fraction of sp³-hybridized carbons (Fsp3) is 0.550. The minimum absolute atomic E-state index is 0. The van der Waals surface area contributed by atoms with E-state index >= 15 is 0 Å². The van der Waals surface area contributed by atoms with Crippen LogP contribution in [0.2, 0.25) is 0 Å². The molecule has 9 heteroatoms. The summed E-state index contributed by atoms with van der Waals surface area (Å²) in [6, 6.07) is 10.8. The number of carbonyl (C=O) groups excluding carboxylic acids is 1. The number of piperidine rings is 1. The molecule has 29 heavy (non-hydrogen) atoms. The molecule has 1 fully saturated rings. The van der Waals surface area contributed by atoms with Gasteiger partial charge >= 0.3 is 0 Å². The normalized spacial score (nSPS) is 15.3. The first-order valence-corrected chi connectivity index (χ1v) is 9.92. The van der Waals surface area contributed by atoms with Crippen molar-refractivity contribution in [3.05, 3.63) is 47.8 Å². The molecule has 3 rings (SSSR count). The van der Waals surface area contributed by atoms with Crippen molar-refractivity contribution in [2.45, 2.75) is 38.8 Å². The molecule has 7 nitrogen and oxygen atoms in total. The largest absolute Gasteiger partial charge is 0.349 e. The molecule has 1 unspecified atom stereocenters. The van der Waals surface area contributed by atoms with Gasteiger partial charge in [-0.15, -0.1) is 29.9 Å². The summed E-state index contributed by atoms with van der Waals surface area (Å²) in [7, 11) is 0. The van der Waals surface area contributed by atoms with E-state index in [1.165, 1.54) is 5.56 Å². The number of likely N-dealkylation sites (N-methyl/N-ethyl adjacent to an activating group) is 1. The molecule has 0 saturated carbocycles. The molecule has 2 aromatic rings. The van der Waals surface area contributed by atoms with E-state index in [2.05, 4.69) is 51.8 Å². The number of carbonyl (C=O) groups is 1. The highest BCUT2D eigenvalue weighted by Crippen LogP contribution is 2.20. The first-order chi connectivity index (χ1) is 13.2. The monoisotopic (exact) mass is 442 g/mol. The topological polar surface area (TPSA) is 75.1 Å². The Labute approximate surface area is 185 Å². The summed E-state index contributed by atoms with van der Waals surface area (Å²) in [6.07, 6.45) is 3.81. The zero-order valence-corrected chi connectivity index (χ0v) is 18.7. The van der Waals surface area contributed by atoms with Crippen LogP contribution >= 0.6 is 24.8 Å². The Balaban J connectivity index is 0.00000210. The van der Waals surface area contributed by atoms with Gasteiger partial charge in [0.25, 0.3) is 5.91 Å². The van der Waals surface area contributed by atoms with Crippen molar-refractivity contribution in [3.63, 3.8) is 0 Å². The minimum atomic E-state index is -0.164. The molecule has 0 aliphatic carbocycles. The highest BCUT2D eigenvalue weighted by molar-refractivity contribution is 5.91. The van der Waals surface area contributed by atoms with Gasteiger partial charge in [-0.3, -0.25) is 9.69 Å². The fourth-order valence-electron chi connectivity index (χ4n) is 3.71. The van der Waals surface area contributed by atoms with E-state index in [1.54, 1.807) is 6.20 Å². The quantitative estimate of drug-likeness (QED) is 0.657. The third-order valence-electron chi connectivity index (χ3n) is 5.32. The Morgan fingerprint density at radius 3 is 2.48 bits per heavy atom. The summed E-state index contributed by atoms with van der Waals surface area (Å²) >= 11 is 0. The van der Waals surface area contributed by atoms with Gasteiger partial charge in [-0.1, -0.05) is 49.4 Å². The Morgan fingerprint density at radius 2 is 1.86 bits per heavy atom. The van der Waals surface area contributed by atoms with Crippen molar-refractivity contribution in [2.24, 2.45) is 0 Å². The SMILES string of the molecule is CCN(CC)C(CNC(=O)c1cn(C2CCNCC2)nn1)c1ccccc1.Cl.Cl. The maximum Gasteiger partial charge on any atom is 0.273 e. The van der Waals surface area contributed by atoms with Crippen molar-refractivity contribution >= 4 is 30.7 Å². The number of hydrogen-bond donors (Lipinski definition) is 2. The summed E-state index contributed by atoms with van der Waals surface area (Å²) in [5, 5.41) is 14.7. The number of amides is 1. The number of rotatable bonds is 8. The maximum absolute atomic E-state index is 12.6. The average Bonchev–Trinajstić information content (AvgIpc) is 3.22. The zero-order valence-electron chi connectivity index (χ0n) is 17.1. The fourth-order valence-corrected chi connectivity index (χ4v) is 3.71. The van der Waals surface area contributed by atoms with E-state index in [-0.39, 0.29) is 36.8 Å². The van der Waals surface area contributed by atoms with Gasteiger partial charge in [-0.25, -0.2) is 4.68 Å². The zero-order chi connectivity index (χ0) is 19.1. The molecule has 2 N–H and O–H groups in total. The van der Waals surface area contributed by atoms with Crippen molar-refractivity contribution in [1.29, 1.82) is 0 Å². The van der Waals surface area contributed by atoms with E-state index in [0.717, 1.165) is 39.0 Å². The summed E-state index contributed by atoms with van der Waals surface area (Å²) in [5.74, 6) is -0.164.